The standard InChI is InChI=1S/C8H15FO2/c1-4-6-5(2)7(9)8(10-3)11-6/h5-8H,4H2,1-3H3/t5-,6-,7+,8?/m1/s1. The van der Waals surface area contributed by atoms with Gasteiger partial charge in [-0.15, -0.1) is 0 Å². The molecule has 0 aromatic carbocycles. The smallest absolute Gasteiger partial charge is 0.189 e. The summed E-state index contributed by atoms with van der Waals surface area (Å²) < 4.78 is 23.3. The van der Waals surface area contributed by atoms with E-state index in [9.17, 15) is 4.39 Å². The molecule has 1 fully saturated rings. The summed E-state index contributed by atoms with van der Waals surface area (Å²) in [5.41, 5.74) is 0. The fraction of sp³-hybridized carbons (Fsp3) is 1.00. The van der Waals surface area contributed by atoms with Crippen LogP contribution in [-0.4, -0.2) is 25.7 Å². The van der Waals surface area contributed by atoms with Crippen LogP contribution in [0.3, 0.4) is 0 Å². The minimum absolute atomic E-state index is 0.0231. The first kappa shape index (κ1) is 8.94. The van der Waals surface area contributed by atoms with Gasteiger partial charge in [-0.05, 0) is 6.42 Å². The van der Waals surface area contributed by atoms with Crippen LogP contribution in [0.1, 0.15) is 20.3 Å². The Bertz CT molecular complexity index is 111. The van der Waals surface area contributed by atoms with E-state index in [2.05, 4.69) is 0 Å². The van der Waals surface area contributed by atoms with Crippen molar-refractivity contribution in [1.29, 1.82) is 0 Å². The van der Waals surface area contributed by atoms with Crippen LogP contribution in [0.5, 0.6) is 0 Å². The van der Waals surface area contributed by atoms with Crippen LogP contribution in [0.25, 0.3) is 0 Å². The second-order valence-corrected chi connectivity index (χ2v) is 2.99. The second-order valence-electron chi connectivity index (χ2n) is 2.99. The normalized spacial score (nSPS) is 44.7. The molecule has 1 rings (SSSR count). The Morgan fingerprint density at radius 2 is 2.18 bits per heavy atom. The minimum atomic E-state index is -0.968. The summed E-state index contributed by atoms with van der Waals surface area (Å²) in [5, 5.41) is 0. The van der Waals surface area contributed by atoms with E-state index in [1.165, 1.54) is 7.11 Å². The van der Waals surface area contributed by atoms with Gasteiger partial charge in [-0.25, -0.2) is 4.39 Å². The largest absolute Gasteiger partial charge is 0.353 e. The lowest BCUT2D eigenvalue weighted by atomic mass is 10.0. The van der Waals surface area contributed by atoms with Crippen molar-refractivity contribution in [3.8, 4) is 0 Å². The third-order valence-corrected chi connectivity index (χ3v) is 2.29. The quantitative estimate of drug-likeness (QED) is 0.615. The van der Waals surface area contributed by atoms with Crippen molar-refractivity contribution in [2.45, 2.75) is 38.8 Å². The molecule has 11 heavy (non-hydrogen) atoms. The van der Waals surface area contributed by atoms with Crippen LogP contribution < -0.4 is 0 Å². The number of hydrogen-bond donors (Lipinski definition) is 0. The Balaban J connectivity index is 2.53. The molecule has 0 spiro atoms. The molecule has 1 unspecified atom stereocenters. The van der Waals surface area contributed by atoms with Gasteiger partial charge < -0.3 is 9.47 Å². The summed E-state index contributed by atoms with van der Waals surface area (Å²) in [6, 6.07) is 0. The third kappa shape index (κ3) is 1.54. The topological polar surface area (TPSA) is 18.5 Å². The molecule has 0 aromatic rings. The van der Waals surface area contributed by atoms with Crippen LogP contribution in [0, 0.1) is 5.92 Å². The highest BCUT2D eigenvalue weighted by molar-refractivity contribution is 4.82. The molecular weight excluding hydrogens is 147 g/mol. The number of rotatable bonds is 2. The average molecular weight is 162 g/mol. The Morgan fingerprint density at radius 3 is 2.45 bits per heavy atom. The van der Waals surface area contributed by atoms with Crippen molar-refractivity contribution in [1.82, 2.24) is 0 Å². The summed E-state index contributed by atoms with van der Waals surface area (Å²) in [6.45, 7) is 3.85. The van der Waals surface area contributed by atoms with Crippen molar-refractivity contribution >= 4 is 0 Å². The maximum atomic E-state index is 13.2. The molecular formula is C8H15FO2. The molecule has 0 aliphatic carbocycles. The van der Waals surface area contributed by atoms with Crippen molar-refractivity contribution in [3.63, 3.8) is 0 Å². The number of halogens is 1. The Hall–Kier alpha value is -0.150. The SMILES string of the molecule is CC[C@H]1OC(OC)[C@@H](F)[C@@H]1C. The fourth-order valence-corrected chi connectivity index (χ4v) is 1.48. The lowest BCUT2D eigenvalue weighted by Gasteiger charge is -2.10. The van der Waals surface area contributed by atoms with E-state index in [0.29, 0.717) is 0 Å². The zero-order chi connectivity index (χ0) is 8.43. The monoisotopic (exact) mass is 162 g/mol. The van der Waals surface area contributed by atoms with Gasteiger partial charge in [-0.3, -0.25) is 0 Å². The summed E-state index contributed by atoms with van der Waals surface area (Å²) in [7, 11) is 1.47. The second kappa shape index (κ2) is 3.50. The van der Waals surface area contributed by atoms with Gasteiger partial charge in [0.15, 0.2) is 12.5 Å². The highest BCUT2D eigenvalue weighted by atomic mass is 19.1. The zero-order valence-corrected chi connectivity index (χ0v) is 7.21. The number of hydrogen-bond acceptors (Lipinski definition) is 2. The van der Waals surface area contributed by atoms with E-state index >= 15 is 0 Å². The van der Waals surface area contributed by atoms with Crippen LogP contribution in [0.15, 0.2) is 0 Å². The molecule has 1 heterocycles. The molecule has 3 heteroatoms. The molecule has 1 aliphatic rings. The van der Waals surface area contributed by atoms with Gasteiger partial charge in [-0.2, -0.15) is 0 Å². The molecule has 0 aromatic heterocycles. The number of methoxy groups -OCH3 is 1. The summed E-state index contributed by atoms with van der Waals surface area (Å²) in [4.78, 5) is 0. The maximum Gasteiger partial charge on any atom is 0.189 e. The van der Waals surface area contributed by atoms with Crippen LogP contribution in [0.2, 0.25) is 0 Å². The van der Waals surface area contributed by atoms with E-state index in [1.807, 2.05) is 13.8 Å². The highest BCUT2D eigenvalue weighted by Gasteiger charge is 2.41. The molecule has 0 bridgehead atoms. The summed E-state index contributed by atoms with van der Waals surface area (Å²) in [5.74, 6) is -0.0371. The first-order valence-electron chi connectivity index (χ1n) is 4.03. The lowest BCUT2D eigenvalue weighted by molar-refractivity contribution is -0.135. The number of ether oxygens (including phenoxy) is 2. The summed E-state index contributed by atoms with van der Waals surface area (Å²) >= 11 is 0. The average Bonchev–Trinajstić information content (AvgIpc) is 2.30. The van der Waals surface area contributed by atoms with Gasteiger partial charge in [0.1, 0.15) is 0 Å². The van der Waals surface area contributed by atoms with E-state index in [4.69, 9.17) is 9.47 Å². The van der Waals surface area contributed by atoms with E-state index in [-0.39, 0.29) is 12.0 Å². The lowest BCUT2D eigenvalue weighted by Crippen LogP contribution is -2.22. The van der Waals surface area contributed by atoms with E-state index < -0.39 is 12.5 Å². The Kier molecular flexibility index (Phi) is 2.84. The zero-order valence-electron chi connectivity index (χ0n) is 7.21. The van der Waals surface area contributed by atoms with E-state index in [1.54, 1.807) is 0 Å². The summed E-state index contributed by atoms with van der Waals surface area (Å²) in [6.07, 6.45) is -0.739. The predicted octanol–water partition coefficient (Wildman–Crippen LogP) is 1.74. The van der Waals surface area contributed by atoms with Crippen LogP contribution in [-0.2, 0) is 9.47 Å². The number of alkyl halides is 1. The first-order chi connectivity index (χ1) is 5.20. The van der Waals surface area contributed by atoms with Crippen molar-refractivity contribution < 1.29 is 13.9 Å². The highest BCUT2D eigenvalue weighted by Crippen LogP contribution is 2.31. The molecule has 1 aliphatic heterocycles. The molecule has 2 nitrogen and oxygen atoms in total. The van der Waals surface area contributed by atoms with Crippen LogP contribution in [0.4, 0.5) is 4.39 Å². The van der Waals surface area contributed by atoms with Gasteiger partial charge in [0.05, 0.1) is 6.10 Å². The van der Waals surface area contributed by atoms with E-state index in [0.717, 1.165) is 6.42 Å². The molecule has 0 radical (unpaired) electrons. The van der Waals surface area contributed by atoms with Gasteiger partial charge in [0.25, 0.3) is 0 Å². The van der Waals surface area contributed by atoms with Crippen LogP contribution >= 0.6 is 0 Å². The fourth-order valence-electron chi connectivity index (χ4n) is 1.48. The van der Waals surface area contributed by atoms with Crippen molar-refractivity contribution in [2.75, 3.05) is 7.11 Å². The Morgan fingerprint density at radius 1 is 1.55 bits per heavy atom. The predicted molar refractivity (Wildman–Crippen MR) is 40.0 cm³/mol. The maximum absolute atomic E-state index is 13.2. The Labute approximate surface area is 66.7 Å². The molecule has 4 atom stereocenters. The minimum Gasteiger partial charge on any atom is -0.353 e. The third-order valence-electron chi connectivity index (χ3n) is 2.29. The van der Waals surface area contributed by atoms with Gasteiger partial charge in [0.2, 0.25) is 0 Å². The van der Waals surface area contributed by atoms with Gasteiger partial charge in [0, 0.05) is 13.0 Å². The molecule has 1 saturated heterocycles. The van der Waals surface area contributed by atoms with Gasteiger partial charge >= 0.3 is 0 Å². The molecule has 0 N–H and O–H groups in total. The first-order valence-corrected chi connectivity index (χ1v) is 4.03. The molecule has 0 amide bonds. The molecule has 66 valence electrons. The van der Waals surface area contributed by atoms with Gasteiger partial charge in [-0.1, -0.05) is 13.8 Å². The van der Waals surface area contributed by atoms with Crippen molar-refractivity contribution in [2.24, 2.45) is 5.92 Å². The van der Waals surface area contributed by atoms with Crippen molar-refractivity contribution in [3.05, 3.63) is 0 Å². The molecule has 0 saturated carbocycles.